The molecule has 0 aliphatic carbocycles. The van der Waals surface area contributed by atoms with Crippen molar-refractivity contribution in [3.8, 4) is 11.5 Å². The van der Waals surface area contributed by atoms with Gasteiger partial charge in [-0.25, -0.2) is 0 Å². The summed E-state index contributed by atoms with van der Waals surface area (Å²) in [5.74, 6) is 1.92. The van der Waals surface area contributed by atoms with Gasteiger partial charge < -0.3 is 4.74 Å². The minimum Gasteiger partial charge on any atom is -0.447 e. The molecular formula is C18H12BrOS+. The van der Waals surface area contributed by atoms with Crippen LogP contribution in [-0.4, -0.2) is 0 Å². The summed E-state index contributed by atoms with van der Waals surface area (Å²) in [6.07, 6.45) is 0. The second-order valence-corrected chi connectivity index (χ2v) is 7.63. The van der Waals surface area contributed by atoms with E-state index in [4.69, 9.17) is 4.74 Å². The fourth-order valence-electron chi connectivity index (χ4n) is 2.47. The van der Waals surface area contributed by atoms with Crippen LogP contribution < -0.4 is 4.74 Å². The molecule has 0 unspecified atom stereocenters. The van der Waals surface area contributed by atoms with Crippen LogP contribution in [0.15, 0.2) is 92.0 Å². The van der Waals surface area contributed by atoms with Gasteiger partial charge in [0.2, 0.25) is 9.79 Å². The molecule has 4 rings (SSSR count). The van der Waals surface area contributed by atoms with Crippen LogP contribution >= 0.6 is 15.9 Å². The molecule has 3 heteroatoms. The highest BCUT2D eigenvalue weighted by molar-refractivity contribution is 9.10. The van der Waals surface area contributed by atoms with Gasteiger partial charge in [-0.15, -0.1) is 0 Å². The highest BCUT2D eigenvalue weighted by Crippen LogP contribution is 2.46. The predicted molar refractivity (Wildman–Crippen MR) is 89.3 cm³/mol. The van der Waals surface area contributed by atoms with Gasteiger partial charge in [0.15, 0.2) is 16.4 Å². The van der Waals surface area contributed by atoms with Crippen LogP contribution in [0.1, 0.15) is 0 Å². The highest BCUT2D eigenvalue weighted by atomic mass is 79.9. The van der Waals surface area contributed by atoms with Crippen molar-refractivity contribution < 1.29 is 4.74 Å². The van der Waals surface area contributed by atoms with Gasteiger partial charge in [0.25, 0.3) is 0 Å². The van der Waals surface area contributed by atoms with E-state index in [1.807, 2.05) is 24.3 Å². The lowest BCUT2D eigenvalue weighted by molar-refractivity contribution is 0.453. The van der Waals surface area contributed by atoms with Crippen LogP contribution in [0.2, 0.25) is 0 Å². The lowest BCUT2D eigenvalue weighted by Crippen LogP contribution is -2.12. The van der Waals surface area contributed by atoms with Crippen molar-refractivity contribution in [3.05, 3.63) is 77.3 Å². The van der Waals surface area contributed by atoms with E-state index in [-0.39, 0.29) is 10.9 Å². The molecule has 0 N–H and O–H groups in total. The Hall–Kier alpha value is -1.71. The van der Waals surface area contributed by atoms with E-state index in [0.29, 0.717) is 0 Å². The Morgan fingerprint density at radius 2 is 1.19 bits per heavy atom. The molecule has 0 aromatic heterocycles. The van der Waals surface area contributed by atoms with Crippen molar-refractivity contribution in [2.45, 2.75) is 14.7 Å². The van der Waals surface area contributed by atoms with E-state index in [2.05, 4.69) is 64.5 Å². The van der Waals surface area contributed by atoms with Gasteiger partial charge in [-0.05, 0) is 48.5 Å². The summed E-state index contributed by atoms with van der Waals surface area (Å²) in [4.78, 5) is 3.80. The van der Waals surface area contributed by atoms with E-state index < -0.39 is 0 Å². The number of fused-ring (bicyclic) bond motifs is 2. The van der Waals surface area contributed by atoms with Gasteiger partial charge in [0.1, 0.15) is 10.9 Å². The predicted octanol–water partition coefficient (Wildman–Crippen LogP) is 5.65. The summed E-state index contributed by atoms with van der Waals surface area (Å²) >= 11 is 3.51. The Morgan fingerprint density at radius 1 is 0.667 bits per heavy atom. The van der Waals surface area contributed by atoms with Crippen molar-refractivity contribution in [3.63, 3.8) is 0 Å². The molecule has 1 aliphatic heterocycles. The van der Waals surface area contributed by atoms with Crippen LogP contribution in [0.4, 0.5) is 0 Å². The lowest BCUT2D eigenvalue weighted by Gasteiger charge is -2.19. The second kappa shape index (κ2) is 5.24. The molecule has 1 aliphatic rings. The summed E-state index contributed by atoms with van der Waals surface area (Å²) in [5.41, 5.74) is 0. The number of ether oxygens (including phenoxy) is 1. The molecule has 102 valence electrons. The third-order valence-corrected chi connectivity index (χ3v) is 6.23. The van der Waals surface area contributed by atoms with Crippen molar-refractivity contribution in [1.82, 2.24) is 0 Å². The van der Waals surface area contributed by atoms with Crippen LogP contribution in [0.5, 0.6) is 11.5 Å². The van der Waals surface area contributed by atoms with E-state index in [1.54, 1.807) is 0 Å². The number of hydrogen-bond acceptors (Lipinski definition) is 1. The smallest absolute Gasteiger partial charge is 0.209 e. The molecule has 0 saturated heterocycles. The molecular weight excluding hydrogens is 344 g/mol. The number of rotatable bonds is 1. The first-order valence-corrected chi connectivity index (χ1v) is 8.70. The Balaban J connectivity index is 1.95. The molecule has 21 heavy (non-hydrogen) atoms. The minimum absolute atomic E-state index is 0.112. The number of halogens is 1. The standard InChI is InChI=1S/C18H12BrOS/c19-13-9-11-14(12-10-13)21-17-7-3-1-5-15(17)20-16-6-2-4-8-18(16)21/h1-12H/q+1. The second-order valence-electron chi connectivity index (χ2n) is 4.76. The first-order chi connectivity index (χ1) is 10.3. The van der Waals surface area contributed by atoms with Crippen LogP contribution in [0, 0.1) is 0 Å². The van der Waals surface area contributed by atoms with Gasteiger partial charge in [-0.2, -0.15) is 0 Å². The van der Waals surface area contributed by atoms with Gasteiger partial charge in [0, 0.05) is 4.47 Å². The number of para-hydroxylation sites is 2. The maximum absolute atomic E-state index is 6.05. The third kappa shape index (κ3) is 2.27. The highest BCUT2D eigenvalue weighted by Gasteiger charge is 2.38. The molecule has 3 aromatic rings. The van der Waals surface area contributed by atoms with E-state index in [9.17, 15) is 0 Å². The first kappa shape index (κ1) is 13.0. The quantitative estimate of drug-likeness (QED) is 0.401. The summed E-state index contributed by atoms with van der Waals surface area (Å²) in [6.45, 7) is 0. The van der Waals surface area contributed by atoms with Crippen molar-refractivity contribution in [2.24, 2.45) is 0 Å². The molecule has 0 saturated carbocycles. The maximum Gasteiger partial charge on any atom is 0.209 e. The van der Waals surface area contributed by atoms with Crippen LogP contribution in [-0.2, 0) is 10.9 Å². The third-order valence-electron chi connectivity index (χ3n) is 3.41. The molecule has 0 spiro atoms. The van der Waals surface area contributed by atoms with E-state index in [1.165, 1.54) is 14.7 Å². The topological polar surface area (TPSA) is 9.23 Å². The summed E-state index contributed by atoms with van der Waals surface area (Å²) in [5, 5.41) is 0. The molecule has 0 fully saturated rings. The monoisotopic (exact) mass is 355 g/mol. The Bertz CT molecular complexity index is 753. The summed E-state index contributed by atoms with van der Waals surface area (Å²) in [7, 11) is -0.112. The van der Waals surface area contributed by atoms with Crippen LogP contribution in [0.25, 0.3) is 0 Å². The average molecular weight is 356 g/mol. The number of benzene rings is 3. The Morgan fingerprint density at radius 3 is 1.76 bits per heavy atom. The fourth-order valence-corrected chi connectivity index (χ4v) is 4.94. The summed E-state index contributed by atoms with van der Waals surface area (Å²) < 4.78 is 7.15. The summed E-state index contributed by atoms with van der Waals surface area (Å²) in [6, 6.07) is 25.2. The first-order valence-electron chi connectivity index (χ1n) is 6.69. The zero-order valence-corrected chi connectivity index (χ0v) is 13.5. The maximum atomic E-state index is 6.05. The largest absolute Gasteiger partial charge is 0.447 e. The van der Waals surface area contributed by atoms with Gasteiger partial charge in [-0.1, -0.05) is 40.2 Å². The average Bonchev–Trinajstić information content (AvgIpc) is 2.53. The normalized spacial score (nSPS) is 13.2. The van der Waals surface area contributed by atoms with Crippen LogP contribution in [0.3, 0.4) is 0 Å². The molecule has 1 heterocycles. The van der Waals surface area contributed by atoms with Crippen molar-refractivity contribution >= 4 is 26.8 Å². The fraction of sp³-hybridized carbons (Fsp3) is 0. The molecule has 0 atom stereocenters. The zero-order valence-electron chi connectivity index (χ0n) is 11.1. The Labute approximate surface area is 135 Å². The molecule has 0 amide bonds. The van der Waals surface area contributed by atoms with Gasteiger partial charge in [-0.3, -0.25) is 0 Å². The Kier molecular flexibility index (Phi) is 3.24. The lowest BCUT2D eigenvalue weighted by atomic mass is 10.3. The van der Waals surface area contributed by atoms with Gasteiger partial charge >= 0.3 is 0 Å². The molecule has 3 aromatic carbocycles. The van der Waals surface area contributed by atoms with Gasteiger partial charge in [0.05, 0.1) is 0 Å². The van der Waals surface area contributed by atoms with Crippen molar-refractivity contribution in [2.75, 3.05) is 0 Å². The molecule has 1 nitrogen and oxygen atoms in total. The SMILES string of the molecule is Brc1ccc([S+]2c3ccccc3Oc3ccccc32)cc1. The molecule has 0 radical (unpaired) electrons. The zero-order chi connectivity index (χ0) is 14.2. The minimum atomic E-state index is -0.112. The van der Waals surface area contributed by atoms with E-state index >= 15 is 0 Å². The molecule has 0 bridgehead atoms. The van der Waals surface area contributed by atoms with Crippen molar-refractivity contribution in [1.29, 1.82) is 0 Å². The van der Waals surface area contributed by atoms with E-state index in [0.717, 1.165) is 16.0 Å². The number of hydrogen-bond donors (Lipinski definition) is 0.